The van der Waals surface area contributed by atoms with Crippen molar-refractivity contribution < 1.29 is 4.79 Å². The van der Waals surface area contributed by atoms with Crippen LogP contribution in [0, 0.1) is 6.92 Å². The van der Waals surface area contributed by atoms with Crippen LogP contribution >= 0.6 is 0 Å². The Hall–Kier alpha value is -2.88. The Morgan fingerprint density at radius 3 is 2.46 bits per heavy atom. The molecular formula is C20H21N3O. The van der Waals surface area contributed by atoms with Crippen LogP contribution in [0.2, 0.25) is 0 Å². The Morgan fingerprint density at radius 2 is 1.79 bits per heavy atom. The lowest BCUT2D eigenvalue weighted by molar-refractivity contribution is 0.0817. The van der Waals surface area contributed by atoms with Gasteiger partial charge < -0.3 is 9.47 Å². The van der Waals surface area contributed by atoms with E-state index in [2.05, 4.69) is 24.0 Å². The number of aromatic nitrogens is 2. The number of hydrogen-bond acceptors (Lipinski definition) is 2. The summed E-state index contributed by atoms with van der Waals surface area (Å²) in [6, 6.07) is 14.1. The first-order chi connectivity index (χ1) is 11.6. The van der Waals surface area contributed by atoms with Crippen LogP contribution in [-0.4, -0.2) is 34.5 Å². The Kier molecular flexibility index (Phi) is 4.47. The standard InChI is InChI=1S/C20H21N3O/c1-15-6-4-5-7-17(15)13-23-14-18(16-8-10-21-11-9-16)12-19(23)20(24)22(2)3/h4-12,14H,13H2,1-3H3. The van der Waals surface area contributed by atoms with Crippen molar-refractivity contribution in [3.8, 4) is 11.1 Å². The molecule has 4 nitrogen and oxygen atoms in total. The lowest BCUT2D eigenvalue weighted by Crippen LogP contribution is -2.24. The minimum Gasteiger partial charge on any atom is -0.343 e. The summed E-state index contributed by atoms with van der Waals surface area (Å²) >= 11 is 0. The van der Waals surface area contributed by atoms with Gasteiger partial charge in [-0.1, -0.05) is 24.3 Å². The SMILES string of the molecule is Cc1ccccc1Cn1cc(-c2ccncc2)cc1C(=O)N(C)C. The average Bonchev–Trinajstić information content (AvgIpc) is 3.01. The van der Waals surface area contributed by atoms with Crippen molar-refractivity contribution in [3.05, 3.63) is 77.9 Å². The highest BCUT2D eigenvalue weighted by Gasteiger charge is 2.17. The molecule has 1 aromatic carbocycles. The van der Waals surface area contributed by atoms with Crippen LogP contribution in [0.4, 0.5) is 0 Å². The second-order valence-corrected chi connectivity index (χ2v) is 6.10. The number of hydrogen-bond donors (Lipinski definition) is 0. The smallest absolute Gasteiger partial charge is 0.269 e. The minimum atomic E-state index is 0.00360. The molecular weight excluding hydrogens is 298 g/mol. The molecule has 2 aromatic heterocycles. The van der Waals surface area contributed by atoms with Crippen LogP contribution in [0.25, 0.3) is 11.1 Å². The fraction of sp³-hybridized carbons (Fsp3) is 0.200. The number of carbonyl (C=O) groups is 1. The molecule has 0 spiro atoms. The van der Waals surface area contributed by atoms with Crippen molar-refractivity contribution in [1.82, 2.24) is 14.5 Å². The van der Waals surface area contributed by atoms with Crippen LogP contribution < -0.4 is 0 Å². The van der Waals surface area contributed by atoms with Crippen LogP contribution in [0.1, 0.15) is 21.6 Å². The second-order valence-electron chi connectivity index (χ2n) is 6.10. The van der Waals surface area contributed by atoms with E-state index in [-0.39, 0.29) is 5.91 Å². The van der Waals surface area contributed by atoms with Crippen molar-refractivity contribution >= 4 is 5.91 Å². The summed E-state index contributed by atoms with van der Waals surface area (Å²) in [4.78, 5) is 18.2. The first-order valence-electron chi connectivity index (χ1n) is 7.93. The molecule has 0 N–H and O–H groups in total. The molecule has 0 aliphatic rings. The van der Waals surface area contributed by atoms with E-state index in [0.29, 0.717) is 12.2 Å². The number of rotatable bonds is 4. The van der Waals surface area contributed by atoms with Gasteiger partial charge in [-0.2, -0.15) is 0 Å². The normalized spacial score (nSPS) is 10.6. The molecule has 0 bridgehead atoms. The molecule has 1 amide bonds. The van der Waals surface area contributed by atoms with Crippen molar-refractivity contribution in [2.75, 3.05) is 14.1 Å². The van der Waals surface area contributed by atoms with Crippen molar-refractivity contribution in [2.45, 2.75) is 13.5 Å². The maximum absolute atomic E-state index is 12.6. The van der Waals surface area contributed by atoms with E-state index in [1.807, 2.05) is 41.1 Å². The maximum atomic E-state index is 12.6. The third-order valence-electron chi connectivity index (χ3n) is 4.14. The zero-order valence-corrected chi connectivity index (χ0v) is 14.2. The summed E-state index contributed by atoms with van der Waals surface area (Å²) in [5.41, 5.74) is 5.20. The fourth-order valence-electron chi connectivity index (χ4n) is 2.72. The molecule has 4 heteroatoms. The molecule has 3 rings (SSSR count). The molecule has 0 aliphatic carbocycles. The summed E-state index contributed by atoms with van der Waals surface area (Å²) in [6.07, 6.45) is 5.57. The molecule has 0 saturated heterocycles. The summed E-state index contributed by atoms with van der Waals surface area (Å²) in [7, 11) is 3.55. The lowest BCUT2D eigenvalue weighted by Gasteiger charge is -2.14. The molecule has 122 valence electrons. The zero-order valence-electron chi connectivity index (χ0n) is 14.2. The molecule has 0 radical (unpaired) electrons. The first kappa shape index (κ1) is 16.0. The number of nitrogens with zero attached hydrogens (tertiary/aromatic N) is 3. The van der Waals surface area contributed by atoms with Gasteiger partial charge in [-0.15, -0.1) is 0 Å². The van der Waals surface area contributed by atoms with E-state index in [4.69, 9.17) is 0 Å². The summed E-state index contributed by atoms with van der Waals surface area (Å²) < 4.78 is 2.03. The Labute approximate surface area is 142 Å². The fourth-order valence-corrected chi connectivity index (χ4v) is 2.72. The van der Waals surface area contributed by atoms with E-state index in [1.54, 1.807) is 31.4 Å². The third kappa shape index (κ3) is 3.23. The highest BCUT2D eigenvalue weighted by atomic mass is 16.2. The van der Waals surface area contributed by atoms with E-state index in [9.17, 15) is 4.79 Å². The van der Waals surface area contributed by atoms with Crippen LogP contribution in [0.5, 0.6) is 0 Å². The molecule has 2 heterocycles. The van der Waals surface area contributed by atoms with Gasteiger partial charge in [0.15, 0.2) is 0 Å². The van der Waals surface area contributed by atoms with Gasteiger partial charge in [0.2, 0.25) is 0 Å². The molecule has 0 aliphatic heterocycles. The highest BCUT2D eigenvalue weighted by Crippen LogP contribution is 2.23. The maximum Gasteiger partial charge on any atom is 0.269 e. The largest absolute Gasteiger partial charge is 0.343 e. The van der Waals surface area contributed by atoms with Gasteiger partial charge in [0, 0.05) is 44.8 Å². The monoisotopic (exact) mass is 319 g/mol. The predicted octanol–water partition coefficient (Wildman–Crippen LogP) is 3.61. The number of benzene rings is 1. The molecule has 3 aromatic rings. The van der Waals surface area contributed by atoms with Gasteiger partial charge in [0.1, 0.15) is 5.69 Å². The third-order valence-corrected chi connectivity index (χ3v) is 4.14. The summed E-state index contributed by atoms with van der Waals surface area (Å²) in [5.74, 6) is 0.00360. The van der Waals surface area contributed by atoms with E-state index < -0.39 is 0 Å². The molecule has 0 fully saturated rings. The van der Waals surface area contributed by atoms with E-state index in [0.717, 1.165) is 11.1 Å². The quantitative estimate of drug-likeness (QED) is 0.737. The van der Waals surface area contributed by atoms with Gasteiger partial charge >= 0.3 is 0 Å². The first-order valence-corrected chi connectivity index (χ1v) is 7.93. The number of amides is 1. The predicted molar refractivity (Wildman–Crippen MR) is 96.0 cm³/mol. The molecule has 0 saturated carbocycles. The van der Waals surface area contributed by atoms with Crippen molar-refractivity contribution in [1.29, 1.82) is 0 Å². The van der Waals surface area contributed by atoms with Gasteiger partial charge in [-0.3, -0.25) is 9.78 Å². The Balaban J connectivity index is 2.05. The summed E-state index contributed by atoms with van der Waals surface area (Å²) in [6.45, 7) is 2.77. The Morgan fingerprint density at radius 1 is 1.08 bits per heavy atom. The van der Waals surface area contributed by atoms with Gasteiger partial charge in [-0.25, -0.2) is 0 Å². The van der Waals surface area contributed by atoms with Gasteiger partial charge in [0.05, 0.1) is 0 Å². The molecule has 24 heavy (non-hydrogen) atoms. The van der Waals surface area contributed by atoms with Crippen LogP contribution in [0.15, 0.2) is 61.1 Å². The average molecular weight is 319 g/mol. The number of pyridine rings is 1. The Bertz CT molecular complexity index is 850. The zero-order chi connectivity index (χ0) is 17.1. The van der Waals surface area contributed by atoms with Crippen LogP contribution in [-0.2, 0) is 6.54 Å². The second kappa shape index (κ2) is 6.71. The van der Waals surface area contributed by atoms with Gasteiger partial charge in [-0.05, 0) is 41.8 Å². The van der Waals surface area contributed by atoms with Crippen LogP contribution in [0.3, 0.4) is 0 Å². The van der Waals surface area contributed by atoms with Crippen molar-refractivity contribution in [2.24, 2.45) is 0 Å². The molecule has 0 unspecified atom stereocenters. The van der Waals surface area contributed by atoms with E-state index in [1.165, 1.54) is 11.1 Å². The van der Waals surface area contributed by atoms with Gasteiger partial charge in [0.25, 0.3) is 5.91 Å². The topological polar surface area (TPSA) is 38.1 Å². The lowest BCUT2D eigenvalue weighted by atomic mass is 10.1. The minimum absolute atomic E-state index is 0.00360. The highest BCUT2D eigenvalue weighted by molar-refractivity contribution is 5.94. The van der Waals surface area contributed by atoms with E-state index >= 15 is 0 Å². The molecule has 0 atom stereocenters. The van der Waals surface area contributed by atoms with Crippen molar-refractivity contribution in [3.63, 3.8) is 0 Å². The number of carbonyl (C=O) groups excluding carboxylic acids is 1. The number of aryl methyl sites for hydroxylation is 1. The summed E-state index contributed by atoms with van der Waals surface area (Å²) in [5, 5.41) is 0.